The third-order valence-electron chi connectivity index (χ3n) is 6.00. The van der Waals surface area contributed by atoms with E-state index in [-0.39, 0.29) is 43.7 Å². The van der Waals surface area contributed by atoms with Gasteiger partial charge >= 0.3 is 0 Å². The van der Waals surface area contributed by atoms with E-state index in [4.69, 9.17) is 0 Å². The Morgan fingerprint density at radius 3 is 2.35 bits per heavy atom. The largest absolute Gasteiger partial charge is 0.352 e. The maximum absolute atomic E-state index is 13.3. The van der Waals surface area contributed by atoms with Crippen molar-refractivity contribution >= 4 is 11.8 Å². The number of carbonyl (C=O) groups is 2. The first kappa shape index (κ1) is 19.5. The number of carbonyl (C=O) groups excluding carboxylic acids is 2. The fourth-order valence-corrected chi connectivity index (χ4v) is 4.44. The second-order valence-electron chi connectivity index (χ2n) is 8.16. The molecule has 26 heavy (non-hydrogen) atoms. The summed E-state index contributed by atoms with van der Waals surface area (Å²) in [5, 5.41) is 3.12. The second kappa shape index (κ2) is 8.63. The van der Waals surface area contributed by atoms with E-state index < -0.39 is 5.92 Å². The SMILES string of the molecule is O=C(CN1CCCC(C(=O)N2CCC(F)(F)CC2)C1)NC1CCCCC1. The van der Waals surface area contributed by atoms with Crippen molar-refractivity contribution in [1.82, 2.24) is 15.1 Å². The standard InChI is InChI=1S/C19H31F2N3O2/c20-19(21)8-11-24(12-9-19)18(26)15-5-4-10-23(13-15)14-17(25)22-16-6-2-1-3-7-16/h15-16H,1-14H2,(H,22,25). The first-order valence-corrected chi connectivity index (χ1v) is 10.1. The number of hydrogen-bond donors (Lipinski definition) is 1. The summed E-state index contributed by atoms with van der Waals surface area (Å²) in [6.07, 6.45) is 6.92. The molecular formula is C19H31F2N3O2. The molecule has 3 fully saturated rings. The Balaban J connectivity index is 1.44. The van der Waals surface area contributed by atoms with Gasteiger partial charge in [0.05, 0.1) is 12.5 Å². The predicted octanol–water partition coefficient (Wildman–Crippen LogP) is 2.41. The van der Waals surface area contributed by atoms with Crippen LogP contribution in [0.25, 0.3) is 0 Å². The van der Waals surface area contributed by atoms with Crippen LogP contribution >= 0.6 is 0 Å². The van der Waals surface area contributed by atoms with Crippen LogP contribution in [0.5, 0.6) is 0 Å². The number of hydrogen-bond acceptors (Lipinski definition) is 3. The summed E-state index contributed by atoms with van der Waals surface area (Å²) in [5.74, 6) is -2.77. The van der Waals surface area contributed by atoms with Crippen LogP contribution in [0.2, 0.25) is 0 Å². The van der Waals surface area contributed by atoms with Crippen LogP contribution in [0.4, 0.5) is 8.78 Å². The summed E-state index contributed by atoms with van der Waals surface area (Å²) >= 11 is 0. The number of piperidine rings is 2. The molecule has 0 radical (unpaired) electrons. The molecular weight excluding hydrogens is 340 g/mol. The third kappa shape index (κ3) is 5.38. The van der Waals surface area contributed by atoms with Crippen LogP contribution in [-0.4, -0.2) is 66.3 Å². The van der Waals surface area contributed by atoms with Crippen LogP contribution in [-0.2, 0) is 9.59 Å². The van der Waals surface area contributed by atoms with Gasteiger partial charge < -0.3 is 10.2 Å². The van der Waals surface area contributed by atoms with Crippen molar-refractivity contribution in [2.24, 2.45) is 5.92 Å². The number of amides is 2. The molecule has 148 valence electrons. The van der Waals surface area contributed by atoms with Crippen molar-refractivity contribution in [1.29, 1.82) is 0 Å². The molecule has 0 aromatic heterocycles. The lowest BCUT2D eigenvalue weighted by molar-refractivity contribution is -0.144. The van der Waals surface area contributed by atoms with Gasteiger partial charge in [0.1, 0.15) is 0 Å². The van der Waals surface area contributed by atoms with Gasteiger partial charge in [0.2, 0.25) is 11.8 Å². The minimum absolute atomic E-state index is 0.0158. The van der Waals surface area contributed by atoms with Crippen molar-refractivity contribution in [2.45, 2.75) is 69.8 Å². The van der Waals surface area contributed by atoms with Gasteiger partial charge in [-0.05, 0) is 32.2 Å². The molecule has 0 aromatic rings. The Hall–Kier alpha value is -1.24. The maximum Gasteiger partial charge on any atom is 0.251 e. The van der Waals surface area contributed by atoms with Crippen LogP contribution < -0.4 is 5.32 Å². The lowest BCUT2D eigenvalue weighted by Crippen LogP contribution is -2.51. The second-order valence-corrected chi connectivity index (χ2v) is 8.16. The quantitative estimate of drug-likeness (QED) is 0.826. The number of nitrogens with zero attached hydrogens (tertiary/aromatic N) is 2. The van der Waals surface area contributed by atoms with E-state index in [0.29, 0.717) is 19.1 Å². The minimum atomic E-state index is -2.63. The number of likely N-dealkylation sites (tertiary alicyclic amines) is 2. The highest BCUT2D eigenvalue weighted by Crippen LogP contribution is 2.29. The zero-order valence-electron chi connectivity index (χ0n) is 15.5. The molecule has 2 aliphatic heterocycles. The molecule has 1 N–H and O–H groups in total. The zero-order chi connectivity index (χ0) is 18.6. The first-order chi connectivity index (χ1) is 12.4. The van der Waals surface area contributed by atoms with E-state index in [0.717, 1.165) is 32.2 Å². The van der Waals surface area contributed by atoms with E-state index in [1.807, 2.05) is 4.90 Å². The minimum Gasteiger partial charge on any atom is -0.352 e. The van der Waals surface area contributed by atoms with Crippen LogP contribution in [0, 0.1) is 5.92 Å². The highest BCUT2D eigenvalue weighted by molar-refractivity contribution is 5.80. The molecule has 3 rings (SSSR count). The lowest BCUT2D eigenvalue weighted by atomic mass is 9.94. The summed E-state index contributed by atoms with van der Waals surface area (Å²) in [7, 11) is 0. The van der Waals surface area contributed by atoms with Gasteiger partial charge in [-0.3, -0.25) is 14.5 Å². The van der Waals surface area contributed by atoms with Gasteiger partial charge in [-0.1, -0.05) is 19.3 Å². The van der Waals surface area contributed by atoms with Crippen molar-refractivity contribution < 1.29 is 18.4 Å². The Morgan fingerprint density at radius 1 is 0.962 bits per heavy atom. The molecule has 1 aliphatic carbocycles. The highest BCUT2D eigenvalue weighted by atomic mass is 19.3. The van der Waals surface area contributed by atoms with Gasteiger partial charge in [-0.2, -0.15) is 0 Å². The molecule has 3 aliphatic rings. The third-order valence-corrected chi connectivity index (χ3v) is 6.00. The van der Waals surface area contributed by atoms with Crippen molar-refractivity contribution in [3.05, 3.63) is 0 Å². The Labute approximate surface area is 154 Å². The monoisotopic (exact) mass is 371 g/mol. The van der Waals surface area contributed by atoms with Crippen molar-refractivity contribution in [2.75, 3.05) is 32.7 Å². The Kier molecular flexibility index (Phi) is 6.48. The van der Waals surface area contributed by atoms with Crippen LogP contribution in [0.1, 0.15) is 57.8 Å². The Morgan fingerprint density at radius 2 is 1.65 bits per heavy atom. The summed E-state index contributed by atoms with van der Waals surface area (Å²) in [6.45, 7) is 2.00. The molecule has 7 heteroatoms. The van der Waals surface area contributed by atoms with Crippen LogP contribution in [0.15, 0.2) is 0 Å². The van der Waals surface area contributed by atoms with Gasteiger partial charge in [-0.25, -0.2) is 8.78 Å². The van der Waals surface area contributed by atoms with Crippen molar-refractivity contribution in [3.8, 4) is 0 Å². The molecule has 2 saturated heterocycles. The van der Waals surface area contributed by atoms with Crippen molar-refractivity contribution in [3.63, 3.8) is 0 Å². The fraction of sp³-hybridized carbons (Fsp3) is 0.895. The zero-order valence-corrected chi connectivity index (χ0v) is 15.5. The van der Waals surface area contributed by atoms with Gasteiger partial charge in [0, 0.05) is 38.5 Å². The summed E-state index contributed by atoms with van der Waals surface area (Å²) in [4.78, 5) is 28.6. The Bertz CT molecular complexity index is 499. The highest BCUT2D eigenvalue weighted by Gasteiger charge is 2.38. The lowest BCUT2D eigenvalue weighted by Gasteiger charge is -2.37. The molecule has 1 atom stereocenters. The first-order valence-electron chi connectivity index (χ1n) is 10.1. The number of alkyl halides is 2. The molecule has 0 aromatic carbocycles. The average molecular weight is 371 g/mol. The molecule has 0 bridgehead atoms. The van der Waals surface area contributed by atoms with Gasteiger partial charge in [0.25, 0.3) is 5.92 Å². The van der Waals surface area contributed by atoms with Gasteiger partial charge in [0.15, 0.2) is 0 Å². The molecule has 1 saturated carbocycles. The summed E-state index contributed by atoms with van der Waals surface area (Å²) in [6, 6.07) is 0.300. The summed E-state index contributed by atoms with van der Waals surface area (Å²) in [5.41, 5.74) is 0. The number of halogens is 2. The normalized spacial score (nSPS) is 27.9. The topological polar surface area (TPSA) is 52.7 Å². The number of nitrogens with one attached hydrogen (secondary N) is 1. The molecule has 5 nitrogen and oxygen atoms in total. The smallest absolute Gasteiger partial charge is 0.251 e. The number of rotatable bonds is 4. The average Bonchev–Trinajstić information content (AvgIpc) is 2.62. The van der Waals surface area contributed by atoms with E-state index in [9.17, 15) is 18.4 Å². The molecule has 0 spiro atoms. The summed E-state index contributed by atoms with van der Waals surface area (Å²) < 4.78 is 26.6. The molecule has 1 unspecified atom stereocenters. The maximum atomic E-state index is 13.3. The predicted molar refractivity (Wildman–Crippen MR) is 94.9 cm³/mol. The van der Waals surface area contributed by atoms with E-state index in [1.165, 1.54) is 19.3 Å². The van der Waals surface area contributed by atoms with E-state index >= 15 is 0 Å². The molecule has 2 amide bonds. The van der Waals surface area contributed by atoms with E-state index in [1.54, 1.807) is 4.90 Å². The van der Waals surface area contributed by atoms with Crippen LogP contribution in [0.3, 0.4) is 0 Å². The van der Waals surface area contributed by atoms with E-state index in [2.05, 4.69) is 5.32 Å². The van der Waals surface area contributed by atoms with Gasteiger partial charge in [-0.15, -0.1) is 0 Å². The molecule has 2 heterocycles. The fourth-order valence-electron chi connectivity index (χ4n) is 4.44.